The maximum atomic E-state index is 13.8. The molecule has 31 heavy (non-hydrogen) atoms. The molecule has 0 aliphatic heterocycles. The van der Waals surface area contributed by atoms with Crippen LogP contribution in [-0.4, -0.2) is 32.3 Å². The minimum atomic E-state index is -0.610. The standard InChI is InChI=1S/C21H21F2N5O2S/c1-3-28-19(13(2)24-20(30)14-8-4-5-9-15(14)22)26-27-21(28)31-12-18(29)25-17-11-7-6-10-16(17)23/h4-11,13H,3,12H2,1-2H3,(H,24,30)(H,25,29)/t13-/m0/s1. The predicted molar refractivity (Wildman–Crippen MR) is 114 cm³/mol. The number of nitrogens with zero attached hydrogens (tertiary/aromatic N) is 3. The predicted octanol–water partition coefficient (Wildman–Crippen LogP) is 3.80. The number of carbonyl (C=O) groups excluding carboxylic acids is 2. The number of hydrogen-bond acceptors (Lipinski definition) is 5. The number of hydrogen-bond donors (Lipinski definition) is 2. The quantitative estimate of drug-likeness (QED) is 0.515. The fourth-order valence-electron chi connectivity index (χ4n) is 2.89. The highest BCUT2D eigenvalue weighted by molar-refractivity contribution is 7.99. The number of halogens is 2. The summed E-state index contributed by atoms with van der Waals surface area (Å²) in [5.74, 6) is -1.59. The van der Waals surface area contributed by atoms with E-state index in [-0.39, 0.29) is 22.9 Å². The summed E-state index contributed by atoms with van der Waals surface area (Å²) in [5.41, 5.74) is 0.0477. The molecule has 162 valence electrons. The lowest BCUT2D eigenvalue weighted by Gasteiger charge is -2.15. The molecule has 1 heterocycles. The van der Waals surface area contributed by atoms with Crippen LogP contribution in [0.3, 0.4) is 0 Å². The molecular weight excluding hydrogens is 424 g/mol. The van der Waals surface area contributed by atoms with Gasteiger partial charge in [0.05, 0.1) is 23.0 Å². The molecule has 0 bridgehead atoms. The number of amides is 2. The van der Waals surface area contributed by atoms with Crippen LogP contribution in [0.1, 0.15) is 36.1 Å². The second-order valence-corrected chi connectivity index (χ2v) is 7.52. The zero-order valence-corrected chi connectivity index (χ0v) is 17.7. The maximum absolute atomic E-state index is 13.8. The van der Waals surface area contributed by atoms with Crippen LogP contribution in [0.4, 0.5) is 14.5 Å². The third kappa shape index (κ3) is 5.46. The van der Waals surface area contributed by atoms with Gasteiger partial charge in [0.25, 0.3) is 5.91 Å². The van der Waals surface area contributed by atoms with Crippen LogP contribution in [-0.2, 0) is 11.3 Å². The van der Waals surface area contributed by atoms with Crippen molar-refractivity contribution in [3.8, 4) is 0 Å². The van der Waals surface area contributed by atoms with E-state index in [1.807, 2.05) is 6.92 Å². The highest BCUT2D eigenvalue weighted by atomic mass is 32.2. The van der Waals surface area contributed by atoms with Gasteiger partial charge in [-0.2, -0.15) is 0 Å². The lowest BCUT2D eigenvalue weighted by atomic mass is 10.2. The Hall–Kier alpha value is -3.27. The van der Waals surface area contributed by atoms with Crippen molar-refractivity contribution < 1.29 is 18.4 Å². The molecule has 3 aromatic rings. The van der Waals surface area contributed by atoms with Gasteiger partial charge in [-0.1, -0.05) is 36.0 Å². The maximum Gasteiger partial charge on any atom is 0.254 e. The molecule has 0 radical (unpaired) electrons. The van der Waals surface area contributed by atoms with Crippen LogP contribution in [0, 0.1) is 11.6 Å². The molecule has 7 nitrogen and oxygen atoms in total. The molecular formula is C21H21F2N5O2S. The molecule has 0 aliphatic carbocycles. The van der Waals surface area contributed by atoms with Gasteiger partial charge in [-0.25, -0.2) is 8.78 Å². The first-order valence-electron chi connectivity index (χ1n) is 9.56. The fourth-order valence-corrected chi connectivity index (χ4v) is 3.70. The molecule has 2 N–H and O–H groups in total. The molecule has 2 aromatic carbocycles. The largest absolute Gasteiger partial charge is 0.342 e. The van der Waals surface area contributed by atoms with Crippen LogP contribution in [0.2, 0.25) is 0 Å². The second-order valence-electron chi connectivity index (χ2n) is 6.58. The average Bonchev–Trinajstić information content (AvgIpc) is 3.17. The Bertz CT molecular complexity index is 1090. The smallest absolute Gasteiger partial charge is 0.254 e. The number of para-hydroxylation sites is 1. The first-order chi connectivity index (χ1) is 14.9. The highest BCUT2D eigenvalue weighted by Crippen LogP contribution is 2.22. The summed E-state index contributed by atoms with van der Waals surface area (Å²) in [6, 6.07) is 11.1. The van der Waals surface area contributed by atoms with Gasteiger partial charge in [-0.15, -0.1) is 10.2 Å². The van der Waals surface area contributed by atoms with Crippen LogP contribution >= 0.6 is 11.8 Å². The summed E-state index contributed by atoms with van der Waals surface area (Å²) in [4.78, 5) is 24.5. The number of aromatic nitrogens is 3. The van der Waals surface area contributed by atoms with E-state index in [0.717, 1.165) is 11.8 Å². The molecule has 0 unspecified atom stereocenters. The molecule has 2 amide bonds. The molecule has 0 saturated carbocycles. The average molecular weight is 445 g/mol. The Morgan fingerprint density at radius 3 is 2.42 bits per heavy atom. The van der Waals surface area contributed by atoms with Crippen molar-refractivity contribution in [2.75, 3.05) is 11.1 Å². The molecule has 1 aromatic heterocycles. The van der Waals surface area contributed by atoms with Gasteiger partial charge in [-0.05, 0) is 38.1 Å². The van der Waals surface area contributed by atoms with Crippen molar-refractivity contribution in [3.63, 3.8) is 0 Å². The van der Waals surface area contributed by atoms with Crippen molar-refractivity contribution in [2.24, 2.45) is 0 Å². The van der Waals surface area contributed by atoms with Gasteiger partial charge >= 0.3 is 0 Å². The zero-order valence-electron chi connectivity index (χ0n) is 16.9. The number of carbonyl (C=O) groups is 2. The van der Waals surface area contributed by atoms with Crippen molar-refractivity contribution >= 4 is 29.3 Å². The molecule has 0 saturated heterocycles. The molecule has 3 rings (SSSR count). The summed E-state index contributed by atoms with van der Waals surface area (Å²) in [7, 11) is 0. The Morgan fingerprint density at radius 1 is 1.06 bits per heavy atom. The van der Waals surface area contributed by atoms with Gasteiger partial charge in [0.2, 0.25) is 5.91 Å². The SMILES string of the molecule is CCn1c(SCC(=O)Nc2ccccc2F)nnc1[C@H](C)NC(=O)c1ccccc1F. The van der Waals surface area contributed by atoms with Gasteiger partial charge in [0, 0.05) is 6.54 Å². The van der Waals surface area contributed by atoms with Gasteiger partial charge in [-0.3, -0.25) is 9.59 Å². The summed E-state index contributed by atoms with van der Waals surface area (Å²) < 4.78 is 29.3. The summed E-state index contributed by atoms with van der Waals surface area (Å²) in [5, 5.41) is 13.9. The molecule has 0 fully saturated rings. The second kappa shape index (κ2) is 10.2. The fraction of sp³-hybridized carbons (Fsp3) is 0.238. The Kier molecular flexibility index (Phi) is 7.35. The molecule has 0 aliphatic rings. The van der Waals surface area contributed by atoms with E-state index in [0.29, 0.717) is 17.5 Å². The lowest BCUT2D eigenvalue weighted by Crippen LogP contribution is -2.29. The topological polar surface area (TPSA) is 88.9 Å². The van der Waals surface area contributed by atoms with E-state index in [1.165, 1.54) is 36.4 Å². The first kappa shape index (κ1) is 22.4. The van der Waals surface area contributed by atoms with E-state index < -0.39 is 23.6 Å². The van der Waals surface area contributed by atoms with E-state index in [1.54, 1.807) is 23.6 Å². The van der Waals surface area contributed by atoms with Crippen LogP contribution in [0.15, 0.2) is 53.7 Å². The summed E-state index contributed by atoms with van der Waals surface area (Å²) in [6.45, 7) is 4.09. The minimum absolute atomic E-state index is 0.00241. The number of thioether (sulfide) groups is 1. The normalized spacial score (nSPS) is 11.7. The molecule has 0 spiro atoms. The van der Waals surface area contributed by atoms with Crippen molar-refractivity contribution in [3.05, 3.63) is 71.6 Å². The molecule has 1 atom stereocenters. The third-order valence-electron chi connectivity index (χ3n) is 4.40. The monoisotopic (exact) mass is 445 g/mol. The Labute approximate surface area is 182 Å². The third-order valence-corrected chi connectivity index (χ3v) is 5.36. The number of benzene rings is 2. The zero-order chi connectivity index (χ0) is 22.4. The van der Waals surface area contributed by atoms with Gasteiger partial charge < -0.3 is 15.2 Å². The number of anilines is 1. The van der Waals surface area contributed by atoms with Crippen LogP contribution < -0.4 is 10.6 Å². The lowest BCUT2D eigenvalue weighted by molar-refractivity contribution is -0.113. The van der Waals surface area contributed by atoms with E-state index in [2.05, 4.69) is 20.8 Å². The van der Waals surface area contributed by atoms with Crippen molar-refractivity contribution in [1.82, 2.24) is 20.1 Å². The molecule has 10 heteroatoms. The minimum Gasteiger partial charge on any atom is -0.342 e. The van der Waals surface area contributed by atoms with Crippen LogP contribution in [0.5, 0.6) is 0 Å². The van der Waals surface area contributed by atoms with Gasteiger partial charge in [0.15, 0.2) is 11.0 Å². The number of rotatable bonds is 8. The highest BCUT2D eigenvalue weighted by Gasteiger charge is 2.21. The van der Waals surface area contributed by atoms with E-state index in [4.69, 9.17) is 0 Å². The van der Waals surface area contributed by atoms with Crippen LogP contribution in [0.25, 0.3) is 0 Å². The first-order valence-corrected chi connectivity index (χ1v) is 10.5. The van der Waals surface area contributed by atoms with E-state index >= 15 is 0 Å². The van der Waals surface area contributed by atoms with Crippen molar-refractivity contribution in [2.45, 2.75) is 31.6 Å². The summed E-state index contributed by atoms with van der Waals surface area (Å²) >= 11 is 1.14. The van der Waals surface area contributed by atoms with Gasteiger partial charge in [0.1, 0.15) is 11.6 Å². The summed E-state index contributed by atoms with van der Waals surface area (Å²) in [6.07, 6.45) is 0. The Morgan fingerprint density at radius 2 is 1.74 bits per heavy atom. The van der Waals surface area contributed by atoms with Crippen molar-refractivity contribution in [1.29, 1.82) is 0 Å². The van der Waals surface area contributed by atoms with E-state index in [9.17, 15) is 18.4 Å². The number of nitrogens with one attached hydrogen (secondary N) is 2. The Balaban J connectivity index is 1.64.